The van der Waals surface area contributed by atoms with Gasteiger partial charge in [0.15, 0.2) is 4.34 Å². The van der Waals surface area contributed by atoms with E-state index in [1.807, 2.05) is 30.3 Å². The third-order valence-corrected chi connectivity index (χ3v) is 5.17. The molecule has 124 valence electrons. The molecule has 8 heteroatoms. The summed E-state index contributed by atoms with van der Waals surface area (Å²) in [5.41, 5.74) is 1.87. The molecular weight excluding hydrogens is 360 g/mol. The third-order valence-electron chi connectivity index (χ3n) is 3.06. The summed E-state index contributed by atoms with van der Waals surface area (Å²) in [4.78, 5) is 8.79. The van der Waals surface area contributed by atoms with Gasteiger partial charge in [-0.25, -0.2) is 13.8 Å². The molecule has 0 N–H and O–H groups in total. The first-order valence-corrected chi connectivity index (χ1v) is 8.42. The fourth-order valence-electron chi connectivity index (χ4n) is 1.99. The molecule has 0 aliphatic carbocycles. The predicted octanol–water partition coefficient (Wildman–Crippen LogP) is 5.82. The Morgan fingerprint density at radius 2 is 1.71 bits per heavy atom. The highest BCUT2D eigenvalue weighted by atomic mass is 32.2. The van der Waals surface area contributed by atoms with Crippen molar-refractivity contribution in [3.63, 3.8) is 0 Å². The molecule has 0 unspecified atom stereocenters. The molecule has 0 saturated carbocycles. The van der Waals surface area contributed by atoms with Crippen LogP contribution >= 0.6 is 23.1 Å². The lowest BCUT2D eigenvalue weighted by atomic mass is 10.1. The Balaban J connectivity index is 2.07. The molecular formula is C16H10F4N2S2. The number of aromatic nitrogens is 2. The zero-order chi connectivity index (χ0) is 17.2. The number of nitrogens with zero attached hydrogens (tertiary/aromatic N) is 2. The molecule has 3 aromatic rings. The first-order valence-electron chi connectivity index (χ1n) is 6.79. The van der Waals surface area contributed by atoms with E-state index in [0.29, 0.717) is 16.1 Å². The molecule has 2 heterocycles. The summed E-state index contributed by atoms with van der Waals surface area (Å²) in [6.07, 6.45) is -0.617. The second kappa shape index (κ2) is 6.90. The number of hydrogen-bond acceptors (Lipinski definition) is 4. The van der Waals surface area contributed by atoms with Gasteiger partial charge in [0.25, 0.3) is 0 Å². The highest BCUT2D eigenvalue weighted by molar-refractivity contribution is 8.02. The van der Waals surface area contributed by atoms with Gasteiger partial charge in [0.1, 0.15) is 0 Å². The number of thioether (sulfide) groups is 1. The van der Waals surface area contributed by atoms with Gasteiger partial charge in [0.2, 0.25) is 0 Å². The van der Waals surface area contributed by atoms with Crippen molar-refractivity contribution in [1.29, 1.82) is 0 Å². The van der Waals surface area contributed by atoms with Crippen molar-refractivity contribution in [3.05, 3.63) is 54.9 Å². The van der Waals surface area contributed by atoms with Crippen LogP contribution in [-0.2, 0) is 0 Å². The van der Waals surface area contributed by atoms with E-state index in [9.17, 15) is 17.6 Å². The van der Waals surface area contributed by atoms with Crippen molar-refractivity contribution in [2.45, 2.75) is 16.0 Å². The van der Waals surface area contributed by atoms with Crippen LogP contribution in [0.15, 0.2) is 59.2 Å². The molecule has 24 heavy (non-hydrogen) atoms. The molecule has 3 rings (SSSR count). The van der Waals surface area contributed by atoms with Crippen LogP contribution in [-0.4, -0.2) is 21.6 Å². The van der Waals surface area contributed by atoms with Crippen LogP contribution in [0.5, 0.6) is 0 Å². The first-order chi connectivity index (χ1) is 11.5. The lowest BCUT2D eigenvalue weighted by molar-refractivity contribution is -0.0563. The number of halogens is 4. The van der Waals surface area contributed by atoms with Crippen molar-refractivity contribution in [2.75, 3.05) is 0 Å². The van der Waals surface area contributed by atoms with E-state index in [1.165, 1.54) is 0 Å². The van der Waals surface area contributed by atoms with Crippen LogP contribution < -0.4 is 0 Å². The number of rotatable bonds is 5. The van der Waals surface area contributed by atoms with Gasteiger partial charge in [-0.15, -0.1) is 11.3 Å². The van der Waals surface area contributed by atoms with E-state index < -0.39 is 11.7 Å². The largest absolute Gasteiger partial charge is 0.359 e. The highest BCUT2D eigenvalue weighted by Crippen LogP contribution is 2.46. The first kappa shape index (κ1) is 16.9. The van der Waals surface area contributed by atoms with Gasteiger partial charge in [0, 0.05) is 18.0 Å². The van der Waals surface area contributed by atoms with Gasteiger partial charge in [-0.05, 0) is 29.5 Å². The molecule has 0 saturated heterocycles. The van der Waals surface area contributed by atoms with Gasteiger partial charge in [-0.3, -0.25) is 4.98 Å². The van der Waals surface area contributed by atoms with Gasteiger partial charge in [0.05, 0.1) is 10.6 Å². The number of alkyl halides is 4. The van der Waals surface area contributed by atoms with Gasteiger partial charge < -0.3 is 0 Å². The maximum Gasteiger partial charge on any atom is 0.359 e. The van der Waals surface area contributed by atoms with Crippen LogP contribution in [0, 0.1) is 0 Å². The van der Waals surface area contributed by atoms with Crippen LogP contribution in [0.1, 0.15) is 0 Å². The van der Waals surface area contributed by atoms with E-state index in [0.717, 1.165) is 16.9 Å². The van der Waals surface area contributed by atoms with E-state index in [-0.39, 0.29) is 16.1 Å². The Morgan fingerprint density at radius 1 is 1.00 bits per heavy atom. The molecule has 0 fully saturated rings. The highest BCUT2D eigenvalue weighted by Gasteiger charge is 2.43. The van der Waals surface area contributed by atoms with Crippen LogP contribution in [0.25, 0.3) is 21.7 Å². The molecule has 2 nitrogen and oxygen atoms in total. The van der Waals surface area contributed by atoms with Crippen molar-refractivity contribution in [2.24, 2.45) is 0 Å². The lowest BCUT2D eigenvalue weighted by Crippen LogP contribution is -2.21. The molecule has 0 aliphatic heterocycles. The third kappa shape index (κ3) is 3.59. The van der Waals surface area contributed by atoms with E-state index in [4.69, 9.17) is 0 Å². The van der Waals surface area contributed by atoms with Crippen LogP contribution in [0.3, 0.4) is 0 Å². The normalized spacial score (nSPS) is 11.9. The van der Waals surface area contributed by atoms with Crippen LogP contribution in [0.4, 0.5) is 17.6 Å². The summed E-state index contributed by atoms with van der Waals surface area (Å²) in [6.45, 7) is 0. The second-order valence-electron chi connectivity index (χ2n) is 4.73. The smallest absolute Gasteiger partial charge is 0.264 e. The minimum atomic E-state index is -4.18. The Hall–Kier alpha value is -1.93. The maximum atomic E-state index is 13.3. The fourth-order valence-corrected chi connectivity index (χ4v) is 4.02. The average molecular weight is 370 g/mol. The molecule has 1 aromatic carbocycles. The minimum Gasteiger partial charge on any atom is -0.264 e. The summed E-state index contributed by atoms with van der Waals surface area (Å²) < 4.78 is 51.5. The summed E-state index contributed by atoms with van der Waals surface area (Å²) in [7, 11) is 0. The Kier molecular flexibility index (Phi) is 4.86. The van der Waals surface area contributed by atoms with E-state index in [1.54, 1.807) is 24.5 Å². The Morgan fingerprint density at radius 3 is 2.33 bits per heavy atom. The number of hydrogen-bond donors (Lipinski definition) is 0. The topological polar surface area (TPSA) is 25.8 Å². The second-order valence-corrected chi connectivity index (χ2v) is 7.12. The Bertz CT molecular complexity index is 750. The summed E-state index contributed by atoms with van der Waals surface area (Å²) in [6, 6.07) is 12.5. The van der Waals surface area contributed by atoms with E-state index in [2.05, 4.69) is 9.97 Å². The number of pyridine rings is 1. The number of benzene rings is 1. The van der Waals surface area contributed by atoms with Crippen LogP contribution in [0.2, 0.25) is 0 Å². The summed E-state index contributed by atoms with van der Waals surface area (Å²) >= 11 is 0.744. The van der Waals surface area contributed by atoms with E-state index >= 15 is 0 Å². The quantitative estimate of drug-likeness (QED) is 0.418. The molecule has 2 aromatic heterocycles. The fraction of sp³-hybridized carbons (Fsp3) is 0.125. The van der Waals surface area contributed by atoms with Gasteiger partial charge >= 0.3 is 11.7 Å². The van der Waals surface area contributed by atoms with Crippen molar-refractivity contribution >= 4 is 23.1 Å². The maximum absolute atomic E-state index is 13.3. The van der Waals surface area contributed by atoms with Crippen molar-refractivity contribution in [3.8, 4) is 21.7 Å². The summed E-state index contributed by atoms with van der Waals surface area (Å²) in [5, 5.41) is -4.18. The zero-order valence-corrected chi connectivity index (χ0v) is 13.6. The molecule has 0 aliphatic rings. The SMILES string of the molecule is FC(F)C(F)(F)Sc1nc(-c2cccnc2)c(-c2ccccc2)s1. The molecule has 0 amide bonds. The van der Waals surface area contributed by atoms with Gasteiger partial charge in [-0.2, -0.15) is 8.78 Å². The molecule has 0 bridgehead atoms. The molecule has 0 atom stereocenters. The minimum absolute atomic E-state index is 0.113. The molecule has 0 radical (unpaired) electrons. The lowest BCUT2D eigenvalue weighted by Gasteiger charge is -2.11. The standard InChI is InChI=1S/C16H10F4N2S2/c17-14(18)16(19,20)24-15-22-12(11-7-4-8-21-9-11)13(23-15)10-5-2-1-3-6-10/h1-9,14H. The molecule has 0 spiro atoms. The predicted molar refractivity (Wildman–Crippen MR) is 87.6 cm³/mol. The van der Waals surface area contributed by atoms with Crippen molar-refractivity contribution in [1.82, 2.24) is 9.97 Å². The number of thiazole rings is 1. The summed E-state index contributed by atoms with van der Waals surface area (Å²) in [5.74, 6) is 0. The van der Waals surface area contributed by atoms with Crippen molar-refractivity contribution < 1.29 is 17.6 Å². The zero-order valence-electron chi connectivity index (χ0n) is 12.0. The Labute approximate surface area is 143 Å². The monoisotopic (exact) mass is 370 g/mol. The van der Waals surface area contributed by atoms with Gasteiger partial charge in [-0.1, -0.05) is 30.3 Å². The average Bonchev–Trinajstić information content (AvgIpc) is 2.99.